The Kier molecular flexibility index (Phi) is 2.48. The van der Waals surface area contributed by atoms with Crippen LogP contribution < -0.4 is 4.48 Å². The standard InChI is InChI=1S/C10H16N3O/c1-9-7-11-10(12-8-9)13(2)3-5-14-6-4-13/h7-8H,3-6H2,1-2H3/q+1. The summed E-state index contributed by atoms with van der Waals surface area (Å²) in [6, 6.07) is 0. The highest BCUT2D eigenvalue weighted by Crippen LogP contribution is 2.16. The molecule has 1 aromatic heterocycles. The summed E-state index contributed by atoms with van der Waals surface area (Å²) in [7, 11) is 2.16. The molecule has 76 valence electrons. The first-order valence-corrected chi connectivity index (χ1v) is 4.92. The summed E-state index contributed by atoms with van der Waals surface area (Å²) >= 11 is 0. The third-order valence-corrected chi connectivity index (χ3v) is 2.71. The Balaban J connectivity index is 2.23. The Hall–Kier alpha value is -1.00. The van der Waals surface area contributed by atoms with Gasteiger partial charge in [-0.25, -0.2) is 0 Å². The van der Waals surface area contributed by atoms with Crippen LogP contribution >= 0.6 is 0 Å². The number of nitrogens with zero attached hydrogens (tertiary/aromatic N) is 3. The third kappa shape index (κ3) is 1.76. The van der Waals surface area contributed by atoms with E-state index in [-0.39, 0.29) is 0 Å². The lowest BCUT2D eigenvalue weighted by Gasteiger charge is -2.34. The van der Waals surface area contributed by atoms with Crippen LogP contribution in [0.3, 0.4) is 0 Å². The van der Waals surface area contributed by atoms with E-state index in [1.54, 1.807) is 0 Å². The highest BCUT2D eigenvalue weighted by molar-refractivity contribution is 5.24. The molecule has 2 rings (SSSR count). The van der Waals surface area contributed by atoms with Crippen molar-refractivity contribution in [2.24, 2.45) is 0 Å². The summed E-state index contributed by atoms with van der Waals surface area (Å²) in [5.41, 5.74) is 1.11. The fraction of sp³-hybridized carbons (Fsp3) is 0.600. The molecule has 14 heavy (non-hydrogen) atoms. The van der Waals surface area contributed by atoms with E-state index in [2.05, 4.69) is 17.0 Å². The minimum atomic E-state index is 0.792. The van der Waals surface area contributed by atoms with E-state index in [9.17, 15) is 0 Å². The molecule has 0 radical (unpaired) electrons. The van der Waals surface area contributed by atoms with Crippen LogP contribution in [-0.4, -0.2) is 43.3 Å². The second-order valence-electron chi connectivity index (χ2n) is 4.02. The molecule has 2 heterocycles. The molecule has 1 aliphatic heterocycles. The van der Waals surface area contributed by atoms with Crippen molar-refractivity contribution in [1.82, 2.24) is 14.5 Å². The van der Waals surface area contributed by atoms with Crippen LogP contribution in [0.5, 0.6) is 0 Å². The van der Waals surface area contributed by atoms with E-state index in [1.807, 2.05) is 19.3 Å². The van der Waals surface area contributed by atoms with Crippen molar-refractivity contribution < 1.29 is 4.74 Å². The van der Waals surface area contributed by atoms with Crippen LogP contribution in [0.4, 0.5) is 5.95 Å². The van der Waals surface area contributed by atoms with Crippen LogP contribution in [0, 0.1) is 6.92 Å². The molecule has 0 unspecified atom stereocenters. The van der Waals surface area contributed by atoms with E-state index >= 15 is 0 Å². The first-order valence-electron chi connectivity index (χ1n) is 4.92. The van der Waals surface area contributed by atoms with Crippen molar-refractivity contribution in [3.63, 3.8) is 0 Å². The number of quaternary nitrogens is 1. The monoisotopic (exact) mass is 194 g/mol. The van der Waals surface area contributed by atoms with Gasteiger partial charge in [-0.1, -0.05) is 0 Å². The van der Waals surface area contributed by atoms with Crippen molar-refractivity contribution >= 4 is 5.95 Å². The summed E-state index contributed by atoms with van der Waals surface area (Å²) < 4.78 is 6.13. The predicted molar refractivity (Wildman–Crippen MR) is 55.0 cm³/mol. The first kappa shape index (κ1) is 9.55. The SMILES string of the molecule is Cc1cnc([N+]2(C)CCOCC2)nc1. The van der Waals surface area contributed by atoms with Gasteiger partial charge in [-0.3, -0.25) is 4.48 Å². The van der Waals surface area contributed by atoms with Crippen molar-refractivity contribution in [2.75, 3.05) is 33.4 Å². The fourth-order valence-corrected chi connectivity index (χ4v) is 1.61. The Morgan fingerprint density at radius 2 is 1.79 bits per heavy atom. The van der Waals surface area contributed by atoms with E-state index in [0.29, 0.717) is 0 Å². The average Bonchev–Trinajstić information content (AvgIpc) is 2.19. The van der Waals surface area contributed by atoms with Gasteiger partial charge < -0.3 is 4.74 Å². The second-order valence-corrected chi connectivity index (χ2v) is 4.02. The third-order valence-electron chi connectivity index (χ3n) is 2.71. The molecule has 4 heteroatoms. The normalized spacial score (nSPS) is 20.7. The molecule has 1 fully saturated rings. The smallest absolute Gasteiger partial charge is 0.328 e. The maximum absolute atomic E-state index is 5.34. The Bertz CT molecular complexity index is 304. The van der Waals surface area contributed by atoms with Crippen LogP contribution in [0.2, 0.25) is 0 Å². The number of aryl methyl sites for hydroxylation is 1. The molecule has 0 aliphatic carbocycles. The highest BCUT2D eigenvalue weighted by atomic mass is 16.5. The van der Waals surface area contributed by atoms with Gasteiger partial charge in [-0.2, -0.15) is 9.97 Å². The summed E-state index contributed by atoms with van der Waals surface area (Å²) in [6.07, 6.45) is 3.75. The molecule has 0 atom stereocenters. The largest absolute Gasteiger partial charge is 0.370 e. The Morgan fingerprint density at radius 1 is 1.21 bits per heavy atom. The zero-order chi connectivity index (χ0) is 10.0. The second kappa shape index (κ2) is 3.63. The highest BCUT2D eigenvalue weighted by Gasteiger charge is 2.30. The topological polar surface area (TPSA) is 35.0 Å². The number of ether oxygens (including phenoxy) is 1. The van der Waals surface area contributed by atoms with Crippen LogP contribution in [0.25, 0.3) is 0 Å². The van der Waals surface area contributed by atoms with Gasteiger partial charge in [0.25, 0.3) is 0 Å². The van der Waals surface area contributed by atoms with E-state index in [4.69, 9.17) is 4.74 Å². The number of rotatable bonds is 1. The molecule has 0 spiro atoms. The number of aromatic nitrogens is 2. The lowest BCUT2D eigenvalue weighted by atomic mass is 10.3. The first-order chi connectivity index (χ1) is 6.71. The summed E-state index contributed by atoms with van der Waals surface area (Å²) in [6.45, 7) is 5.52. The van der Waals surface area contributed by atoms with Crippen molar-refractivity contribution in [3.05, 3.63) is 18.0 Å². The Labute approximate surface area is 84.1 Å². The number of hydrogen-bond donors (Lipinski definition) is 0. The molecule has 1 aromatic rings. The molecule has 1 aliphatic rings. The van der Waals surface area contributed by atoms with Gasteiger partial charge in [-0.05, 0) is 12.5 Å². The minimum absolute atomic E-state index is 0.792. The van der Waals surface area contributed by atoms with E-state index in [1.165, 1.54) is 0 Å². The molecule has 4 nitrogen and oxygen atoms in total. The maximum atomic E-state index is 5.34. The molecule has 1 saturated heterocycles. The van der Waals surface area contributed by atoms with Crippen molar-refractivity contribution in [3.8, 4) is 0 Å². The zero-order valence-corrected chi connectivity index (χ0v) is 8.73. The lowest BCUT2D eigenvalue weighted by Crippen LogP contribution is -2.54. The van der Waals surface area contributed by atoms with Crippen LogP contribution in [0.1, 0.15) is 5.56 Å². The summed E-state index contributed by atoms with van der Waals surface area (Å²) in [4.78, 5) is 8.76. The number of likely N-dealkylation sites (N-methyl/N-ethyl adjacent to an activating group) is 1. The molecule has 0 saturated carbocycles. The predicted octanol–water partition coefficient (Wildman–Crippen LogP) is 0.752. The average molecular weight is 194 g/mol. The van der Waals surface area contributed by atoms with Gasteiger partial charge in [0.1, 0.15) is 13.1 Å². The summed E-state index contributed by atoms with van der Waals surface area (Å²) in [5, 5.41) is 0. The molecule has 0 N–H and O–H groups in total. The molecule has 0 amide bonds. The van der Waals surface area contributed by atoms with Crippen molar-refractivity contribution in [1.29, 1.82) is 0 Å². The van der Waals surface area contributed by atoms with Crippen LogP contribution in [-0.2, 0) is 4.74 Å². The summed E-state index contributed by atoms with van der Waals surface area (Å²) in [5.74, 6) is 0.902. The molecule has 0 bridgehead atoms. The maximum Gasteiger partial charge on any atom is 0.328 e. The van der Waals surface area contributed by atoms with E-state index in [0.717, 1.165) is 42.3 Å². The molecule has 0 aromatic carbocycles. The quantitative estimate of drug-likeness (QED) is 0.619. The van der Waals surface area contributed by atoms with Gasteiger partial charge in [-0.15, -0.1) is 0 Å². The lowest BCUT2D eigenvalue weighted by molar-refractivity contribution is 0.0496. The Morgan fingerprint density at radius 3 is 2.36 bits per heavy atom. The minimum Gasteiger partial charge on any atom is -0.370 e. The van der Waals surface area contributed by atoms with Crippen LogP contribution in [0.15, 0.2) is 12.4 Å². The van der Waals surface area contributed by atoms with Crippen molar-refractivity contribution in [2.45, 2.75) is 6.92 Å². The fourth-order valence-electron chi connectivity index (χ4n) is 1.61. The number of hydrogen-bond acceptors (Lipinski definition) is 3. The van der Waals surface area contributed by atoms with Gasteiger partial charge in [0.15, 0.2) is 0 Å². The van der Waals surface area contributed by atoms with Gasteiger partial charge >= 0.3 is 5.95 Å². The number of morpholine rings is 1. The van der Waals surface area contributed by atoms with Gasteiger partial charge in [0.05, 0.1) is 20.3 Å². The van der Waals surface area contributed by atoms with Gasteiger partial charge in [0.2, 0.25) is 0 Å². The van der Waals surface area contributed by atoms with E-state index < -0.39 is 0 Å². The molecular weight excluding hydrogens is 178 g/mol. The zero-order valence-electron chi connectivity index (χ0n) is 8.73. The molecular formula is C10H16N3O+. The van der Waals surface area contributed by atoms with Gasteiger partial charge in [0, 0.05) is 12.4 Å².